The molecule has 0 spiro atoms. The maximum absolute atomic E-state index is 10.3. The topological polar surface area (TPSA) is 112 Å². The maximum atomic E-state index is 10.3. The minimum atomic E-state index is -1.50. The van der Waals surface area contributed by atoms with E-state index in [2.05, 4.69) is 0 Å². The van der Waals surface area contributed by atoms with Gasteiger partial charge in [-0.25, -0.2) is 9.59 Å². The van der Waals surface area contributed by atoms with Gasteiger partial charge in [-0.05, 0) is 24.3 Å². The van der Waals surface area contributed by atoms with Gasteiger partial charge in [0.05, 0.1) is 11.1 Å². The minimum Gasteiger partial charge on any atom is -0.478 e. The van der Waals surface area contributed by atoms with Crippen LogP contribution in [0.3, 0.4) is 0 Å². The molecular formula is C8H9O6P. The van der Waals surface area contributed by atoms with E-state index in [0.29, 0.717) is 0 Å². The van der Waals surface area contributed by atoms with Gasteiger partial charge in [-0.1, -0.05) is 0 Å². The fourth-order valence-corrected chi connectivity index (χ4v) is 0.755. The highest BCUT2D eigenvalue weighted by atomic mass is 31.1. The molecule has 0 aliphatic heterocycles. The zero-order chi connectivity index (χ0) is 11.8. The smallest absolute Gasteiger partial charge is 0.335 e. The van der Waals surface area contributed by atoms with Gasteiger partial charge in [-0.3, -0.25) is 4.57 Å². The number of hydrogen-bond donors (Lipinski definition) is 3. The molecule has 0 aliphatic carbocycles. The first-order valence-electron chi connectivity index (χ1n) is 3.67. The number of rotatable bonds is 2. The minimum absolute atomic E-state index is 0.0833. The van der Waals surface area contributed by atoms with Gasteiger partial charge in [0.2, 0.25) is 0 Å². The molecule has 6 nitrogen and oxygen atoms in total. The van der Waals surface area contributed by atoms with Crippen molar-refractivity contribution in [1.29, 1.82) is 0 Å². The van der Waals surface area contributed by atoms with E-state index < -0.39 is 20.6 Å². The number of carbonyl (C=O) groups is 2. The number of hydrogen-bond acceptors (Lipinski definition) is 3. The van der Waals surface area contributed by atoms with E-state index in [9.17, 15) is 9.59 Å². The predicted octanol–water partition coefficient (Wildman–Crippen LogP) is 0.733. The second kappa shape index (κ2) is 6.75. The Labute approximate surface area is 86.1 Å². The maximum Gasteiger partial charge on any atom is 0.335 e. The Morgan fingerprint density at radius 3 is 1.27 bits per heavy atom. The summed E-state index contributed by atoms with van der Waals surface area (Å²) >= 11 is 0. The van der Waals surface area contributed by atoms with Gasteiger partial charge in [0.1, 0.15) is 0 Å². The Kier molecular flexibility index (Phi) is 6.01. The van der Waals surface area contributed by atoms with E-state index in [4.69, 9.17) is 19.7 Å². The van der Waals surface area contributed by atoms with E-state index in [0.717, 1.165) is 0 Å². The third-order valence-electron chi connectivity index (χ3n) is 1.38. The Hall–Kier alpha value is -1.65. The van der Waals surface area contributed by atoms with Crippen LogP contribution in [0.25, 0.3) is 0 Å². The van der Waals surface area contributed by atoms with Gasteiger partial charge < -0.3 is 15.1 Å². The van der Waals surface area contributed by atoms with E-state index in [1.807, 2.05) is 0 Å². The van der Waals surface area contributed by atoms with Crippen LogP contribution < -0.4 is 0 Å². The van der Waals surface area contributed by atoms with Crippen molar-refractivity contribution in [1.82, 2.24) is 0 Å². The molecule has 0 saturated carbocycles. The van der Waals surface area contributed by atoms with Crippen LogP contribution in [0.1, 0.15) is 20.7 Å². The molecule has 1 aromatic carbocycles. The van der Waals surface area contributed by atoms with Crippen LogP contribution in [-0.2, 0) is 4.57 Å². The van der Waals surface area contributed by atoms with Crippen LogP contribution in [0, 0.1) is 0 Å². The molecule has 0 fully saturated rings. The number of carboxylic acids is 2. The molecule has 0 saturated heterocycles. The zero-order valence-corrected chi connectivity index (χ0v) is 8.61. The monoisotopic (exact) mass is 232 g/mol. The average molecular weight is 232 g/mol. The first kappa shape index (κ1) is 13.4. The summed E-state index contributed by atoms with van der Waals surface area (Å²) in [5.74, 6) is -2.13. The Bertz CT molecular complexity index is 325. The molecule has 1 unspecified atom stereocenters. The van der Waals surface area contributed by atoms with Gasteiger partial charge in [-0.15, -0.1) is 0 Å². The van der Waals surface area contributed by atoms with Gasteiger partial charge in [-0.2, -0.15) is 0 Å². The van der Waals surface area contributed by atoms with Gasteiger partial charge in [0, 0.05) is 0 Å². The zero-order valence-electron chi connectivity index (χ0n) is 7.45. The van der Waals surface area contributed by atoms with Crippen LogP contribution in [0.5, 0.6) is 0 Å². The summed E-state index contributed by atoms with van der Waals surface area (Å²) in [6, 6.07) is 5.02. The largest absolute Gasteiger partial charge is 0.478 e. The Morgan fingerprint density at radius 1 is 0.933 bits per heavy atom. The molecule has 15 heavy (non-hydrogen) atoms. The summed E-state index contributed by atoms with van der Waals surface area (Å²) in [5, 5.41) is 16.9. The highest BCUT2D eigenvalue weighted by Gasteiger charge is 2.04. The third-order valence-corrected chi connectivity index (χ3v) is 1.38. The fraction of sp³-hybridized carbons (Fsp3) is 0. The van der Waals surface area contributed by atoms with Crippen molar-refractivity contribution in [3.05, 3.63) is 35.4 Å². The summed E-state index contributed by atoms with van der Waals surface area (Å²) in [7, 11) is -1.50. The number of carboxylic acid groups (broad SMARTS) is 2. The second-order valence-corrected chi connectivity index (χ2v) is 2.50. The molecule has 1 atom stereocenters. The summed E-state index contributed by atoms with van der Waals surface area (Å²) < 4.78 is 8.57. The summed E-state index contributed by atoms with van der Waals surface area (Å²) in [5.41, 5.74) is 0.167. The normalized spacial score (nSPS) is 9.40. The number of benzene rings is 1. The summed E-state index contributed by atoms with van der Waals surface area (Å²) in [4.78, 5) is 27.8. The van der Waals surface area contributed by atoms with Crippen LogP contribution in [0.2, 0.25) is 0 Å². The van der Waals surface area contributed by atoms with Crippen LogP contribution in [-0.4, -0.2) is 27.0 Å². The molecule has 1 aromatic rings. The van der Waals surface area contributed by atoms with E-state index in [1.165, 1.54) is 24.3 Å². The molecule has 3 N–H and O–H groups in total. The lowest BCUT2D eigenvalue weighted by Crippen LogP contribution is -1.99. The van der Waals surface area contributed by atoms with Crippen molar-refractivity contribution >= 4 is 20.6 Å². The second-order valence-electron chi connectivity index (χ2n) is 2.29. The highest BCUT2D eigenvalue weighted by molar-refractivity contribution is 7.16. The molecule has 0 radical (unpaired) electrons. The SMILES string of the molecule is O=C(O)c1ccc(C(=O)O)cc1.O=[PH2]O. The Balaban J connectivity index is 0.000000583. The Morgan fingerprint density at radius 2 is 1.13 bits per heavy atom. The van der Waals surface area contributed by atoms with Crippen LogP contribution >= 0.6 is 8.69 Å². The molecule has 7 heteroatoms. The molecular weight excluding hydrogens is 223 g/mol. The van der Waals surface area contributed by atoms with Crippen molar-refractivity contribution in [2.75, 3.05) is 0 Å². The predicted molar refractivity (Wildman–Crippen MR) is 53.0 cm³/mol. The molecule has 82 valence electrons. The van der Waals surface area contributed by atoms with Crippen LogP contribution in [0.15, 0.2) is 24.3 Å². The van der Waals surface area contributed by atoms with Gasteiger partial charge in [0.15, 0.2) is 8.69 Å². The lowest BCUT2D eigenvalue weighted by atomic mass is 10.1. The average Bonchev–Trinajstić information content (AvgIpc) is 2.19. The van der Waals surface area contributed by atoms with E-state index >= 15 is 0 Å². The third kappa shape index (κ3) is 4.95. The van der Waals surface area contributed by atoms with Crippen molar-refractivity contribution in [3.8, 4) is 0 Å². The van der Waals surface area contributed by atoms with Crippen molar-refractivity contribution in [3.63, 3.8) is 0 Å². The molecule has 0 amide bonds. The number of aromatic carboxylic acids is 2. The highest BCUT2D eigenvalue weighted by Crippen LogP contribution is 2.03. The van der Waals surface area contributed by atoms with Crippen molar-refractivity contribution in [2.45, 2.75) is 0 Å². The van der Waals surface area contributed by atoms with Gasteiger partial charge in [0.25, 0.3) is 0 Å². The molecule has 1 rings (SSSR count). The summed E-state index contributed by atoms with van der Waals surface area (Å²) in [6.45, 7) is 0. The first-order chi connectivity index (χ1) is 7.02. The van der Waals surface area contributed by atoms with Crippen LogP contribution in [0.4, 0.5) is 0 Å². The molecule has 0 heterocycles. The molecule has 0 bridgehead atoms. The molecule has 0 aromatic heterocycles. The fourth-order valence-electron chi connectivity index (χ4n) is 0.755. The van der Waals surface area contributed by atoms with E-state index in [-0.39, 0.29) is 11.1 Å². The first-order valence-corrected chi connectivity index (χ1v) is 4.66. The van der Waals surface area contributed by atoms with Crippen molar-refractivity contribution in [2.24, 2.45) is 0 Å². The van der Waals surface area contributed by atoms with Gasteiger partial charge >= 0.3 is 11.9 Å². The standard InChI is InChI=1S/C8H6O4.H3O2P/c9-7(10)5-1-2-6(4-3-5)8(11)12;1-3-2/h1-4H,(H,9,10)(H,11,12);3H2,(H,1,2). The van der Waals surface area contributed by atoms with Crippen molar-refractivity contribution < 1.29 is 29.3 Å². The lowest BCUT2D eigenvalue weighted by Gasteiger charge is -1.94. The lowest BCUT2D eigenvalue weighted by molar-refractivity contribution is 0.0681. The summed E-state index contributed by atoms with van der Waals surface area (Å²) in [6.07, 6.45) is 0. The molecule has 0 aliphatic rings. The quantitative estimate of drug-likeness (QED) is 0.648. The van der Waals surface area contributed by atoms with E-state index in [1.54, 1.807) is 0 Å².